The minimum Gasteiger partial charge on any atom is -0.372 e. The Morgan fingerprint density at radius 3 is 2.31 bits per heavy atom. The number of pyridine rings is 1. The van der Waals surface area contributed by atoms with E-state index in [0.717, 1.165) is 31.9 Å². The number of hydrogen-bond donors (Lipinski definition) is 0. The van der Waals surface area contributed by atoms with Crippen molar-refractivity contribution >= 4 is 5.69 Å². The van der Waals surface area contributed by atoms with Crippen molar-refractivity contribution in [3.63, 3.8) is 0 Å². The SMILES string of the molecule is CCN(CC)CCN(C)c1ccc(C)nc1. The van der Waals surface area contributed by atoms with E-state index in [1.54, 1.807) is 0 Å². The van der Waals surface area contributed by atoms with Crippen molar-refractivity contribution in [1.29, 1.82) is 0 Å². The molecule has 90 valence electrons. The molecule has 0 bridgehead atoms. The Bertz CT molecular complexity index is 291. The van der Waals surface area contributed by atoms with Crippen molar-refractivity contribution < 1.29 is 0 Å². The number of aromatic nitrogens is 1. The maximum absolute atomic E-state index is 4.31. The zero-order chi connectivity index (χ0) is 12.0. The summed E-state index contributed by atoms with van der Waals surface area (Å²) in [5.41, 5.74) is 2.26. The number of rotatable bonds is 6. The maximum atomic E-state index is 4.31. The fourth-order valence-electron chi connectivity index (χ4n) is 1.65. The van der Waals surface area contributed by atoms with Gasteiger partial charge in [0.25, 0.3) is 0 Å². The predicted octanol–water partition coefficient (Wildman–Crippen LogP) is 2.17. The molecular weight excluding hydrogens is 198 g/mol. The summed E-state index contributed by atoms with van der Waals surface area (Å²) in [4.78, 5) is 9.00. The summed E-state index contributed by atoms with van der Waals surface area (Å²) in [5.74, 6) is 0. The minimum absolute atomic E-state index is 1.05. The smallest absolute Gasteiger partial charge is 0.0550 e. The second-order valence-corrected chi connectivity index (χ2v) is 4.11. The fourth-order valence-corrected chi connectivity index (χ4v) is 1.65. The van der Waals surface area contributed by atoms with Crippen LogP contribution in [0, 0.1) is 6.92 Å². The van der Waals surface area contributed by atoms with Gasteiger partial charge in [0, 0.05) is 25.8 Å². The molecule has 16 heavy (non-hydrogen) atoms. The van der Waals surface area contributed by atoms with Gasteiger partial charge in [0.05, 0.1) is 11.9 Å². The molecule has 0 radical (unpaired) electrons. The first-order chi connectivity index (χ1) is 7.67. The average Bonchev–Trinajstić information content (AvgIpc) is 2.31. The van der Waals surface area contributed by atoms with Crippen molar-refractivity contribution in [3.05, 3.63) is 24.0 Å². The lowest BCUT2D eigenvalue weighted by Gasteiger charge is -2.24. The van der Waals surface area contributed by atoms with Gasteiger partial charge in [-0.25, -0.2) is 0 Å². The van der Waals surface area contributed by atoms with E-state index in [1.807, 2.05) is 13.1 Å². The summed E-state index contributed by atoms with van der Waals surface area (Å²) in [5, 5.41) is 0. The first-order valence-electron chi connectivity index (χ1n) is 6.03. The number of nitrogens with zero attached hydrogens (tertiary/aromatic N) is 3. The van der Waals surface area contributed by atoms with Gasteiger partial charge in [0.2, 0.25) is 0 Å². The number of aryl methyl sites for hydroxylation is 1. The van der Waals surface area contributed by atoms with Crippen LogP contribution in [0.3, 0.4) is 0 Å². The molecule has 0 saturated heterocycles. The zero-order valence-electron chi connectivity index (χ0n) is 10.9. The lowest BCUT2D eigenvalue weighted by atomic mass is 10.3. The Hall–Kier alpha value is -1.09. The van der Waals surface area contributed by atoms with E-state index in [-0.39, 0.29) is 0 Å². The van der Waals surface area contributed by atoms with Gasteiger partial charge in [-0.1, -0.05) is 13.8 Å². The highest BCUT2D eigenvalue weighted by atomic mass is 15.2. The molecular formula is C13H23N3. The molecule has 1 aromatic heterocycles. The molecule has 0 aromatic carbocycles. The highest BCUT2D eigenvalue weighted by molar-refractivity contribution is 5.43. The summed E-state index contributed by atoms with van der Waals surface area (Å²) in [7, 11) is 2.12. The van der Waals surface area contributed by atoms with Gasteiger partial charge in [-0.15, -0.1) is 0 Å². The van der Waals surface area contributed by atoms with Gasteiger partial charge in [-0.05, 0) is 32.1 Å². The first kappa shape index (κ1) is 13.0. The Kier molecular flexibility index (Phi) is 5.26. The third-order valence-electron chi connectivity index (χ3n) is 2.98. The molecule has 0 N–H and O–H groups in total. The van der Waals surface area contributed by atoms with Crippen LogP contribution in [-0.4, -0.2) is 43.1 Å². The van der Waals surface area contributed by atoms with E-state index >= 15 is 0 Å². The highest BCUT2D eigenvalue weighted by Gasteiger charge is 2.03. The summed E-state index contributed by atoms with van der Waals surface area (Å²) in [6, 6.07) is 4.19. The van der Waals surface area contributed by atoms with E-state index in [9.17, 15) is 0 Å². The van der Waals surface area contributed by atoms with Crippen LogP contribution in [0.2, 0.25) is 0 Å². The summed E-state index contributed by atoms with van der Waals surface area (Å²) in [6.45, 7) is 10.8. The van der Waals surface area contributed by atoms with Gasteiger partial charge in [0.15, 0.2) is 0 Å². The molecule has 1 heterocycles. The van der Waals surface area contributed by atoms with Crippen molar-refractivity contribution in [3.8, 4) is 0 Å². The highest BCUT2D eigenvalue weighted by Crippen LogP contribution is 2.10. The monoisotopic (exact) mass is 221 g/mol. The maximum Gasteiger partial charge on any atom is 0.0550 e. The first-order valence-corrected chi connectivity index (χ1v) is 6.03. The van der Waals surface area contributed by atoms with Gasteiger partial charge in [0.1, 0.15) is 0 Å². The molecule has 0 aliphatic rings. The molecule has 0 amide bonds. The second kappa shape index (κ2) is 6.48. The molecule has 3 heteroatoms. The van der Waals surface area contributed by atoms with Crippen LogP contribution in [0.5, 0.6) is 0 Å². The van der Waals surface area contributed by atoms with Gasteiger partial charge >= 0.3 is 0 Å². The van der Waals surface area contributed by atoms with Crippen LogP contribution < -0.4 is 4.90 Å². The largest absolute Gasteiger partial charge is 0.372 e. The number of hydrogen-bond acceptors (Lipinski definition) is 3. The average molecular weight is 221 g/mol. The molecule has 0 spiro atoms. The van der Waals surface area contributed by atoms with Crippen molar-refractivity contribution in [2.75, 3.05) is 38.1 Å². The quantitative estimate of drug-likeness (QED) is 0.734. The third-order valence-corrected chi connectivity index (χ3v) is 2.98. The van der Waals surface area contributed by atoms with Crippen molar-refractivity contribution in [1.82, 2.24) is 9.88 Å². The summed E-state index contributed by atoms with van der Waals surface area (Å²) in [6.07, 6.45) is 1.94. The van der Waals surface area contributed by atoms with E-state index in [2.05, 4.69) is 47.8 Å². The Morgan fingerprint density at radius 2 is 1.81 bits per heavy atom. The molecule has 0 aliphatic carbocycles. The lowest BCUT2D eigenvalue weighted by Crippen LogP contribution is -2.33. The Balaban J connectivity index is 2.46. The van der Waals surface area contributed by atoms with Crippen LogP contribution in [0.25, 0.3) is 0 Å². The van der Waals surface area contributed by atoms with E-state index in [4.69, 9.17) is 0 Å². The Morgan fingerprint density at radius 1 is 1.12 bits per heavy atom. The molecule has 0 saturated carbocycles. The summed E-state index contributed by atoms with van der Waals surface area (Å²) < 4.78 is 0. The minimum atomic E-state index is 1.05. The van der Waals surface area contributed by atoms with E-state index in [1.165, 1.54) is 5.69 Å². The van der Waals surface area contributed by atoms with Crippen LogP contribution >= 0.6 is 0 Å². The van der Waals surface area contributed by atoms with Gasteiger partial charge < -0.3 is 9.80 Å². The van der Waals surface area contributed by atoms with Crippen LogP contribution in [-0.2, 0) is 0 Å². The van der Waals surface area contributed by atoms with Gasteiger partial charge in [-0.3, -0.25) is 4.98 Å². The molecule has 0 atom stereocenters. The second-order valence-electron chi connectivity index (χ2n) is 4.11. The molecule has 0 unspecified atom stereocenters. The van der Waals surface area contributed by atoms with E-state index in [0.29, 0.717) is 0 Å². The number of likely N-dealkylation sites (N-methyl/N-ethyl adjacent to an activating group) is 2. The third kappa shape index (κ3) is 3.81. The zero-order valence-corrected chi connectivity index (χ0v) is 10.9. The molecule has 1 aromatic rings. The molecule has 3 nitrogen and oxygen atoms in total. The normalized spacial score (nSPS) is 10.8. The lowest BCUT2D eigenvalue weighted by molar-refractivity contribution is 0.311. The van der Waals surface area contributed by atoms with E-state index < -0.39 is 0 Å². The molecule has 0 aliphatic heterocycles. The number of anilines is 1. The summed E-state index contributed by atoms with van der Waals surface area (Å²) >= 11 is 0. The predicted molar refractivity (Wildman–Crippen MR) is 70.0 cm³/mol. The Labute approximate surface area is 99.1 Å². The topological polar surface area (TPSA) is 19.4 Å². The molecule has 0 fully saturated rings. The van der Waals surface area contributed by atoms with Crippen LogP contribution in [0.15, 0.2) is 18.3 Å². The van der Waals surface area contributed by atoms with Crippen LogP contribution in [0.1, 0.15) is 19.5 Å². The van der Waals surface area contributed by atoms with Crippen LogP contribution in [0.4, 0.5) is 5.69 Å². The fraction of sp³-hybridized carbons (Fsp3) is 0.615. The van der Waals surface area contributed by atoms with Gasteiger partial charge in [-0.2, -0.15) is 0 Å². The van der Waals surface area contributed by atoms with Crippen molar-refractivity contribution in [2.45, 2.75) is 20.8 Å². The standard InChI is InChI=1S/C13H23N3/c1-5-16(6-2)10-9-15(4)13-8-7-12(3)14-11-13/h7-8,11H,5-6,9-10H2,1-4H3. The molecule has 1 rings (SSSR count). The van der Waals surface area contributed by atoms with Crippen molar-refractivity contribution in [2.24, 2.45) is 0 Å².